The van der Waals surface area contributed by atoms with Gasteiger partial charge in [0.25, 0.3) is 0 Å². The summed E-state index contributed by atoms with van der Waals surface area (Å²) in [7, 11) is 0. The van der Waals surface area contributed by atoms with Crippen LogP contribution in [-0.4, -0.2) is 19.7 Å². The molecule has 0 radical (unpaired) electrons. The largest absolute Gasteiger partial charge is 0.372 e. The van der Waals surface area contributed by atoms with E-state index in [1.54, 1.807) is 0 Å². The fourth-order valence-electron chi connectivity index (χ4n) is 1.87. The van der Waals surface area contributed by atoms with Gasteiger partial charge in [-0.1, -0.05) is 55.8 Å². The zero-order chi connectivity index (χ0) is 15.0. The number of halogens is 1. The summed E-state index contributed by atoms with van der Waals surface area (Å²) < 4.78 is 7.22. The van der Waals surface area contributed by atoms with E-state index in [9.17, 15) is 0 Å². The number of hydrogen-bond acceptors (Lipinski definition) is 2. The Morgan fingerprint density at radius 1 is 1.20 bits per heavy atom. The van der Waals surface area contributed by atoms with E-state index in [2.05, 4.69) is 73.2 Å². The van der Waals surface area contributed by atoms with Gasteiger partial charge in [0.1, 0.15) is 0 Å². The summed E-state index contributed by atoms with van der Waals surface area (Å²) in [6.45, 7) is 11.6. The molecular formula is C17H28BrNO. The Hall–Kier alpha value is -0.380. The molecule has 0 aliphatic carbocycles. The van der Waals surface area contributed by atoms with Crippen molar-refractivity contribution in [2.75, 3.05) is 19.7 Å². The normalized spacial score (nSPS) is 13.4. The maximum absolute atomic E-state index is 6.11. The molecule has 0 saturated heterocycles. The molecule has 0 fully saturated rings. The molecule has 1 aromatic carbocycles. The quantitative estimate of drug-likeness (QED) is 0.676. The van der Waals surface area contributed by atoms with Crippen molar-refractivity contribution in [1.29, 1.82) is 0 Å². The van der Waals surface area contributed by atoms with Crippen molar-refractivity contribution in [1.82, 2.24) is 5.32 Å². The van der Waals surface area contributed by atoms with Crippen LogP contribution in [0.5, 0.6) is 0 Å². The lowest BCUT2D eigenvalue weighted by atomic mass is 9.93. The molecule has 0 bridgehead atoms. The van der Waals surface area contributed by atoms with Crippen molar-refractivity contribution < 1.29 is 4.74 Å². The minimum absolute atomic E-state index is 0.136. The molecule has 3 heteroatoms. The Labute approximate surface area is 132 Å². The molecule has 1 N–H and O–H groups in total. The zero-order valence-electron chi connectivity index (χ0n) is 13.2. The van der Waals surface area contributed by atoms with Crippen molar-refractivity contribution in [3.63, 3.8) is 0 Å². The summed E-state index contributed by atoms with van der Waals surface area (Å²) in [6.07, 6.45) is 2.36. The second-order valence-electron chi connectivity index (χ2n) is 6.43. The Kier molecular flexibility index (Phi) is 7.78. The molecule has 0 aliphatic heterocycles. The van der Waals surface area contributed by atoms with Crippen LogP contribution in [0.4, 0.5) is 0 Å². The number of rotatable bonds is 8. The minimum atomic E-state index is 0.136. The van der Waals surface area contributed by atoms with Crippen molar-refractivity contribution in [2.24, 2.45) is 5.41 Å². The molecule has 1 aromatic rings. The standard InChI is InChI=1S/C17H28BrNO/c1-5-11-19-13-16(20-12-10-17(2,3)4)14-6-8-15(18)9-7-14/h6-9,16,19H,5,10-13H2,1-4H3. The highest BCUT2D eigenvalue weighted by Crippen LogP contribution is 2.23. The van der Waals surface area contributed by atoms with Gasteiger partial charge in [0.05, 0.1) is 6.10 Å². The summed E-state index contributed by atoms with van der Waals surface area (Å²) in [5.74, 6) is 0. The predicted molar refractivity (Wildman–Crippen MR) is 90.1 cm³/mol. The van der Waals surface area contributed by atoms with Gasteiger partial charge in [-0.05, 0) is 42.5 Å². The smallest absolute Gasteiger partial charge is 0.0949 e. The Morgan fingerprint density at radius 2 is 1.85 bits per heavy atom. The second-order valence-corrected chi connectivity index (χ2v) is 7.34. The van der Waals surface area contributed by atoms with E-state index in [1.165, 1.54) is 5.56 Å². The van der Waals surface area contributed by atoms with Gasteiger partial charge < -0.3 is 10.1 Å². The van der Waals surface area contributed by atoms with Gasteiger partial charge >= 0.3 is 0 Å². The molecule has 1 atom stereocenters. The Bertz CT molecular complexity index is 370. The predicted octanol–water partition coefficient (Wildman–Crippen LogP) is 4.94. The summed E-state index contributed by atoms with van der Waals surface area (Å²) in [4.78, 5) is 0. The van der Waals surface area contributed by atoms with Crippen LogP contribution in [0.25, 0.3) is 0 Å². The van der Waals surface area contributed by atoms with Crippen LogP contribution in [0.1, 0.15) is 52.2 Å². The van der Waals surface area contributed by atoms with Gasteiger partial charge in [0, 0.05) is 17.6 Å². The first-order valence-electron chi connectivity index (χ1n) is 7.50. The zero-order valence-corrected chi connectivity index (χ0v) is 14.8. The van der Waals surface area contributed by atoms with Crippen LogP contribution in [-0.2, 0) is 4.74 Å². The molecule has 1 rings (SSSR count). The number of nitrogens with one attached hydrogen (secondary N) is 1. The highest BCUT2D eigenvalue weighted by molar-refractivity contribution is 9.10. The highest BCUT2D eigenvalue weighted by Gasteiger charge is 2.15. The lowest BCUT2D eigenvalue weighted by Gasteiger charge is -2.23. The Morgan fingerprint density at radius 3 is 2.40 bits per heavy atom. The maximum Gasteiger partial charge on any atom is 0.0949 e. The first-order valence-corrected chi connectivity index (χ1v) is 8.29. The number of ether oxygens (including phenoxy) is 1. The molecule has 20 heavy (non-hydrogen) atoms. The van der Waals surface area contributed by atoms with Crippen LogP contribution in [0.15, 0.2) is 28.7 Å². The molecule has 0 heterocycles. The van der Waals surface area contributed by atoms with Gasteiger partial charge in [-0.3, -0.25) is 0 Å². The fourth-order valence-corrected chi connectivity index (χ4v) is 2.13. The van der Waals surface area contributed by atoms with E-state index < -0.39 is 0 Å². The monoisotopic (exact) mass is 341 g/mol. The summed E-state index contributed by atoms with van der Waals surface area (Å²) in [6, 6.07) is 8.43. The molecule has 0 spiro atoms. The minimum Gasteiger partial charge on any atom is -0.372 e. The first-order chi connectivity index (χ1) is 9.42. The maximum atomic E-state index is 6.11. The van der Waals surface area contributed by atoms with E-state index in [0.29, 0.717) is 5.41 Å². The molecular weight excluding hydrogens is 314 g/mol. The van der Waals surface area contributed by atoms with Crippen LogP contribution in [0, 0.1) is 5.41 Å². The lowest BCUT2D eigenvalue weighted by Crippen LogP contribution is -2.25. The molecule has 0 aliphatic rings. The molecule has 0 aromatic heterocycles. The molecule has 114 valence electrons. The van der Waals surface area contributed by atoms with E-state index in [4.69, 9.17) is 4.74 Å². The SMILES string of the molecule is CCCNCC(OCCC(C)(C)C)c1ccc(Br)cc1. The van der Waals surface area contributed by atoms with Crippen molar-refractivity contribution in [3.05, 3.63) is 34.3 Å². The second kappa shape index (κ2) is 8.81. The van der Waals surface area contributed by atoms with Crippen molar-refractivity contribution in [3.8, 4) is 0 Å². The van der Waals surface area contributed by atoms with Gasteiger partial charge in [-0.15, -0.1) is 0 Å². The molecule has 1 unspecified atom stereocenters. The van der Waals surface area contributed by atoms with Crippen molar-refractivity contribution >= 4 is 15.9 Å². The van der Waals surface area contributed by atoms with E-state index >= 15 is 0 Å². The van der Waals surface area contributed by atoms with Gasteiger partial charge in [-0.2, -0.15) is 0 Å². The first kappa shape index (κ1) is 17.7. The van der Waals surface area contributed by atoms with E-state index in [1.807, 2.05) is 0 Å². The lowest BCUT2D eigenvalue weighted by molar-refractivity contribution is 0.0371. The van der Waals surface area contributed by atoms with Crippen LogP contribution >= 0.6 is 15.9 Å². The Balaban J connectivity index is 2.57. The summed E-state index contributed by atoms with van der Waals surface area (Å²) in [5.41, 5.74) is 1.56. The van der Waals surface area contributed by atoms with Gasteiger partial charge in [0.15, 0.2) is 0 Å². The fraction of sp³-hybridized carbons (Fsp3) is 0.647. The van der Waals surface area contributed by atoms with E-state index in [-0.39, 0.29) is 6.10 Å². The van der Waals surface area contributed by atoms with Crippen LogP contribution < -0.4 is 5.32 Å². The molecule has 2 nitrogen and oxygen atoms in total. The molecule has 0 amide bonds. The summed E-state index contributed by atoms with van der Waals surface area (Å²) >= 11 is 3.48. The number of benzene rings is 1. The van der Waals surface area contributed by atoms with Gasteiger partial charge in [0.2, 0.25) is 0 Å². The van der Waals surface area contributed by atoms with Crippen LogP contribution in [0.3, 0.4) is 0 Å². The average Bonchev–Trinajstić information content (AvgIpc) is 2.37. The third-order valence-corrected chi connectivity index (χ3v) is 3.70. The van der Waals surface area contributed by atoms with Crippen molar-refractivity contribution in [2.45, 2.75) is 46.6 Å². The third kappa shape index (κ3) is 7.41. The average molecular weight is 342 g/mol. The number of hydrogen-bond donors (Lipinski definition) is 1. The molecule has 0 saturated carbocycles. The van der Waals surface area contributed by atoms with Crippen LogP contribution in [0.2, 0.25) is 0 Å². The van der Waals surface area contributed by atoms with Gasteiger partial charge in [-0.25, -0.2) is 0 Å². The van der Waals surface area contributed by atoms with E-state index in [0.717, 1.165) is 37.0 Å². The third-order valence-electron chi connectivity index (χ3n) is 3.17. The topological polar surface area (TPSA) is 21.3 Å². The highest BCUT2D eigenvalue weighted by atomic mass is 79.9. The summed E-state index contributed by atoms with van der Waals surface area (Å²) in [5, 5.41) is 3.46.